The Labute approximate surface area is 125 Å². The van der Waals surface area contributed by atoms with Gasteiger partial charge in [0.2, 0.25) is 0 Å². The lowest BCUT2D eigenvalue weighted by molar-refractivity contribution is 0.390. The van der Waals surface area contributed by atoms with Crippen LogP contribution < -0.4 is 9.46 Å². The Hall–Kier alpha value is -1.60. The third-order valence-electron chi connectivity index (χ3n) is 2.99. The molecule has 2 heterocycles. The maximum Gasteiger partial charge on any atom is 0.260 e. The number of methoxy groups -OCH3 is 1. The molecule has 2 aromatic heterocycles. The number of imidazole rings is 1. The largest absolute Gasteiger partial charge is 0.482 e. The Morgan fingerprint density at radius 2 is 2.10 bits per heavy atom. The molecule has 0 spiro atoms. The van der Waals surface area contributed by atoms with Crippen LogP contribution in [-0.4, -0.2) is 31.0 Å². The van der Waals surface area contributed by atoms with Gasteiger partial charge in [-0.1, -0.05) is 13.0 Å². The molecule has 0 fully saturated rings. The Balaban J connectivity index is 2.71. The van der Waals surface area contributed by atoms with E-state index in [0.717, 1.165) is 6.42 Å². The number of fused-ring (bicyclic) bond motifs is 1. The third kappa shape index (κ3) is 3.03. The SMILES string of the molecule is CCCc1nc(S(=O)(=O)NC(C)C)c2cccc(OC)n12. The summed E-state index contributed by atoms with van der Waals surface area (Å²) in [5.41, 5.74) is 0.533. The molecule has 0 aliphatic heterocycles. The molecule has 2 rings (SSSR count). The molecule has 0 aliphatic rings. The molecule has 0 aliphatic carbocycles. The molecule has 6 nitrogen and oxygen atoms in total. The number of sulfonamides is 1. The van der Waals surface area contributed by atoms with Gasteiger partial charge >= 0.3 is 0 Å². The Morgan fingerprint density at radius 3 is 2.67 bits per heavy atom. The summed E-state index contributed by atoms with van der Waals surface area (Å²) in [6, 6.07) is 5.11. The lowest BCUT2D eigenvalue weighted by Crippen LogP contribution is -2.30. The summed E-state index contributed by atoms with van der Waals surface area (Å²) in [7, 11) is -2.09. The van der Waals surface area contributed by atoms with Gasteiger partial charge in [0.1, 0.15) is 5.82 Å². The third-order valence-corrected chi connectivity index (χ3v) is 4.58. The van der Waals surface area contributed by atoms with Gasteiger partial charge in [-0.2, -0.15) is 0 Å². The van der Waals surface area contributed by atoms with E-state index >= 15 is 0 Å². The van der Waals surface area contributed by atoms with E-state index in [2.05, 4.69) is 9.71 Å². The molecule has 116 valence electrons. The summed E-state index contributed by atoms with van der Waals surface area (Å²) < 4.78 is 34.6. The molecule has 0 aromatic carbocycles. The van der Waals surface area contributed by atoms with Crippen LogP contribution in [0.3, 0.4) is 0 Å². The van der Waals surface area contributed by atoms with Crippen molar-refractivity contribution in [2.24, 2.45) is 0 Å². The summed E-state index contributed by atoms with van der Waals surface area (Å²) in [4.78, 5) is 4.34. The highest BCUT2D eigenvalue weighted by molar-refractivity contribution is 7.89. The van der Waals surface area contributed by atoms with Crippen molar-refractivity contribution in [3.05, 3.63) is 24.0 Å². The standard InChI is InChI=1S/C14H21N3O3S/c1-5-7-12-15-14(21(18,19)16-10(2)3)11-8-6-9-13(20-4)17(11)12/h6,8-10,16H,5,7H2,1-4H3. The number of aryl methyl sites for hydroxylation is 1. The Bertz CT molecular complexity index is 735. The molecule has 0 amide bonds. The van der Waals surface area contributed by atoms with E-state index in [0.29, 0.717) is 23.6 Å². The van der Waals surface area contributed by atoms with Gasteiger partial charge in [-0.3, -0.25) is 4.40 Å². The van der Waals surface area contributed by atoms with E-state index < -0.39 is 10.0 Å². The van der Waals surface area contributed by atoms with Gasteiger partial charge in [0.15, 0.2) is 10.9 Å². The zero-order valence-corrected chi connectivity index (χ0v) is 13.6. The quantitative estimate of drug-likeness (QED) is 0.885. The molecule has 0 bridgehead atoms. The molecule has 0 saturated carbocycles. The molecule has 0 radical (unpaired) electrons. The number of rotatable bonds is 6. The van der Waals surface area contributed by atoms with E-state index in [1.807, 2.05) is 6.92 Å². The summed E-state index contributed by atoms with van der Waals surface area (Å²) in [6.07, 6.45) is 1.55. The number of nitrogens with zero attached hydrogens (tertiary/aromatic N) is 2. The first-order valence-corrected chi connectivity index (χ1v) is 8.45. The van der Waals surface area contributed by atoms with Crippen LogP contribution >= 0.6 is 0 Å². The van der Waals surface area contributed by atoms with Crippen LogP contribution in [-0.2, 0) is 16.4 Å². The van der Waals surface area contributed by atoms with Gasteiger partial charge in [-0.05, 0) is 32.4 Å². The number of pyridine rings is 1. The second-order valence-electron chi connectivity index (χ2n) is 5.15. The van der Waals surface area contributed by atoms with Crippen molar-refractivity contribution >= 4 is 15.5 Å². The molecule has 0 saturated heterocycles. The first kappa shape index (κ1) is 15.8. The smallest absolute Gasteiger partial charge is 0.260 e. The van der Waals surface area contributed by atoms with E-state index in [-0.39, 0.29) is 11.1 Å². The minimum absolute atomic E-state index is 0.0542. The zero-order valence-electron chi connectivity index (χ0n) is 12.8. The van der Waals surface area contributed by atoms with Crippen molar-refractivity contribution < 1.29 is 13.2 Å². The van der Waals surface area contributed by atoms with Crippen molar-refractivity contribution in [1.29, 1.82) is 0 Å². The summed E-state index contributed by atoms with van der Waals surface area (Å²) in [6.45, 7) is 5.59. The molecule has 7 heteroatoms. The van der Waals surface area contributed by atoms with Crippen molar-refractivity contribution in [2.45, 2.75) is 44.7 Å². The van der Waals surface area contributed by atoms with Crippen molar-refractivity contribution in [3.63, 3.8) is 0 Å². The predicted molar refractivity (Wildman–Crippen MR) is 81.2 cm³/mol. The molecule has 2 aromatic rings. The van der Waals surface area contributed by atoms with Gasteiger partial charge in [-0.15, -0.1) is 0 Å². The van der Waals surface area contributed by atoms with Gasteiger partial charge < -0.3 is 4.74 Å². The van der Waals surface area contributed by atoms with E-state index in [9.17, 15) is 8.42 Å². The number of nitrogens with one attached hydrogen (secondary N) is 1. The van der Waals surface area contributed by atoms with Gasteiger partial charge in [0.25, 0.3) is 10.0 Å². The van der Waals surface area contributed by atoms with Gasteiger partial charge in [-0.25, -0.2) is 18.1 Å². The monoisotopic (exact) mass is 311 g/mol. The van der Waals surface area contributed by atoms with Crippen LogP contribution in [0.2, 0.25) is 0 Å². The Morgan fingerprint density at radius 1 is 1.38 bits per heavy atom. The minimum atomic E-state index is -3.65. The second-order valence-corrected chi connectivity index (χ2v) is 6.78. The van der Waals surface area contributed by atoms with Crippen LogP contribution in [0.4, 0.5) is 0 Å². The minimum Gasteiger partial charge on any atom is -0.482 e. The topological polar surface area (TPSA) is 72.7 Å². The molecule has 0 unspecified atom stereocenters. The number of hydrogen-bond acceptors (Lipinski definition) is 4. The van der Waals surface area contributed by atoms with E-state index in [4.69, 9.17) is 4.74 Å². The van der Waals surface area contributed by atoms with Crippen molar-refractivity contribution in [1.82, 2.24) is 14.1 Å². The second kappa shape index (κ2) is 6.03. The molecule has 1 N–H and O–H groups in total. The van der Waals surface area contributed by atoms with Crippen molar-refractivity contribution in [3.8, 4) is 5.88 Å². The maximum atomic E-state index is 12.4. The number of aromatic nitrogens is 2. The average molecular weight is 311 g/mol. The Kier molecular flexibility index (Phi) is 4.53. The average Bonchev–Trinajstić information content (AvgIpc) is 2.78. The summed E-state index contributed by atoms with van der Waals surface area (Å²) in [5, 5.41) is 0.0542. The summed E-state index contributed by atoms with van der Waals surface area (Å²) >= 11 is 0. The normalized spacial score (nSPS) is 12.2. The predicted octanol–water partition coefficient (Wildman–Crippen LogP) is 1.98. The van der Waals surface area contributed by atoms with Crippen LogP contribution in [0.15, 0.2) is 23.2 Å². The lowest BCUT2D eigenvalue weighted by atomic mass is 10.3. The molecular formula is C14H21N3O3S. The first-order chi connectivity index (χ1) is 9.90. The van der Waals surface area contributed by atoms with E-state index in [1.54, 1.807) is 43.6 Å². The molecular weight excluding hydrogens is 290 g/mol. The van der Waals surface area contributed by atoms with Gasteiger partial charge in [0.05, 0.1) is 12.6 Å². The van der Waals surface area contributed by atoms with Crippen LogP contribution in [0.25, 0.3) is 5.52 Å². The number of ether oxygens (including phenoxy) is 1. The fourth-order valence-corrected chi connectivity index (χ4v) is 3.65. The zero-order chi connectivity index (χ0) is 15.6. The summed E-state index contributed by atoms with van der Waals surface area (Å²) in [5.74, 6) is 1.27. The highest BCUT2D eigenvalue weighted by Crippen LogP contribution is 2.24. The van der Waals surface area contributed by atoms with Gasteiger partial charge in [0, 0.05) is 12.5 Å². The highest BCUT2D eigenvalue weighted by atomic mass is 32.2. The van der Waals surface area contributed by atoms with Crippen LogP contribution in [0.1, 0.15) is 33.0 Å². The number of hydrogen-bond donors (Lipinski definition) is 1. The fourth-order valence-electron chi connectivity index (χ4n) is 2.26. The fraction of sp³-hybridized carbons (Fsp3) is 0.500. The molecule has 21 heavy (non-hydrogen) atoms. The molecule has 0 atom stereocenters. The highest BCUT2D eigenvalue weighted by Gasteiger charge is 2.25. The lowest BCUT2D eigenvalue weighted by Gasteiger charge is -2.08. The van der Waals surface area contributed by atoms with Crippen molar-refractivity contribution in [2.75, 3.05) is 7.11 Å². The van der Waals surface area contributed by atoms with Crippen LogP contribution in [0, 0.1) is 0 Å². The van der Waals surface area contributed by atoms with Crippen LogP contribution in [0.5, 0.6) is 5.88 Å². The maximum absolute atomic E-state index is 12.4. The van der Waals surface area contributed by atoms with E-state index in [1.165, 1.54) is 0 Å². The first-order valence-electron chi connectivity index (χ1n) is 6.97.